The molecule has 0 saturated carbocycles. The van der Waals surface area contributed by atoms with Crippen molar-refractivity contribution >= 4 is 0 Å². The van der Waals surface area contributed by atoms with Crippen molar-refractivity contribution in [3.05, 3.63) is 35.9 Å². The maximum Gasteiger partial charge on any atom is 0.0540 e. The van der Waals surface area contributed by atoms with Crippen molar-refractivity contribution in [1.82, 2.24) is 0 Å². The fourth-order valence-corrected chi connectivity index (χ4v) is 2.14. The number of hydrogen-bond donors (Lipinski definition) is 1. The molecule has 1 heteroatoms. The molecule has 1 aromatic carbocycles. The Kier molecular flexibility index (Phi) is 7.74. The highest BCUT2D eigenvalue weighted by Gasteiger charge is 2.03. The Morgan fingerprint density at radius 1 is 0.941 bits per heavy atom. The van der Waals surface area contributed by atoms with Gasteiger partial charge in [0.05, 0.1) is 6.10 Å². The molecule has 17 heavy (non-hydrogen) atoms. The smallest absolute Gasteiger partial charge is 0.0540 e. The number of hydrogen-bond acceptors (Lipinski definition) is 1. The van der Waals surface area contributed by atoms with E-state index in [1.54, 1.807) is 0 Å². The highest BCUT2D eigenvalue weighted by Crippen LogP contribution is 2.11. The zero-order valence-electron chi connectivity index (χ0n) is 11.1. The lowest BCUT2D eigenvalue weighted by Crippen LogP contribution is -2.06. The Hall–Kier alpha value is -0.820. The lowest BCUT2D eigenvalue weighted by Gasteiger charge is -2.10. The molecule has 0 aliphatic carbocycles. The zero-order chi connectivity index (χ0) is 12.3. The third-order valence-corrected chi connectivity index (χ3v) is 3.24. The van der Waals surface area contributed by atoms with Gasteiger partial charge in [0.2, 0.25) is 0 Å². The van der Waals surface area contributed by atoms with Gasteiger partial charge in [0.25, 0.3) is 0 Å². The highest BCUT2D eigenvalue weighted by atomic mass is 16.3. The van der Waals surface area contributed by atoms with Crippen LogP contribution in [0.5, 0.6) is 0 Å². The minimum Gasteiger partial charge on any atom is -0.393 e. The van der Waals surface area contributed by atoms with Gasteiger partial charge in [-0.05, 0) is 31.2 Å². The summed E-state index contributed by atoms with van der Waals surface area (Å²) in [5.41, 5.74) is 1.38. The average molecular weight is 234 g/mol. The highest BCUT2D eigenvalue weighted by molar-refractivity contribution is 5.14. The van der Waals surface area contributed by atoms with Crippen LogP contribution in [0.3, 0.4) is 0 Å². The van der Waals surface area contributed by atoms with E-state index < -0.39 is 0 Å². The van der Waals surface area contributed by atoms with Crippen LogP contribution in [0.2, 0.25) is 0 Å². The summed E-state index contributed by atoms with van der Waals surface area (Å²) in [5, 5.41) is 9.83. The normalized spacial score (nSPS) is 12.6. The van der Waals surface area contributed by atoms with Gasteiger partial charge >= 0.3 is 0 Å². The Bertz CT molecular complexity index is 268. The fourth-order valence-electron chi connectivity index (χ4n) is 2.14. The molecule has 1 rings (SSSR count). The van der Waals surface area contributed by atoms with Crippen LogP contribution in [0.15, 0.2) is 30.3 Å². The lowest BCUT2D eigenvalue weighted by atomic mass is 10.0. The van der Waals surface area contributed by atoms with Crippen LogP contribution in [0.25, 0.3) is 0 Å². The number of aliphatic hydroxyl groups excluding tert-OH is 1. The zero-order valence-corrected chi connectivity index (χ0v) is 11.1. The predicted molar refractivity (Wildman–Crippen MR) is 74.1 cm³/mol. The summed E-state index contributed by atoms with van der Waals surface area (Å²) in [4.78, 5) is 0. The molecule has 0 saturated heterocycles. The minimum absolute atomic E-state index is 0.0874. The molecule has 96 valence electrons. The van der Waals surface area contributed by atoms with E-state index in [2.05, 4.69) is 31.2 Å². The average Bonchev–Trinajstić information content (AvgIpc) is 2.36. The first-order valence-electron chi connectivity index (χ1n) is 7.05. The largest absolute Gasteiger partial charge is 0.393 e. The Morgan fingerprint density at radius 3 is 2.35 bits per heavy atom. The first-order chi connectivity index (χ1) is 8.33. The maximum absolute atomic E-state index is 9.83. The molecule has 1 nitrogen and oxygen atoms in total. The Morgan fingerprint density at radius 2 is 1.65 bits per heavy atom. The molecule has 0 aliphatic heterocycles. The van der Waals surface area contributed by atoms with E-state index in [1.807, 2.05) is 6.07 Å². The van der Waals surface area contributed by atoms with Crippen molar-refractivity contribution < 1.29 is 5.11 Å². The molecule has 1 atom stereocenters. The number of unbranched alkanes of at least 4 members (excludes halogenated alkanes) is 3. The van der Waals surface area contributed by atoms with Gasteiger partial charge < -0.3 is 5.11 Å². The second-order valence-corrected chi connectivity index (χ2v) is 4.88. The van der Waals surface area contributed by atoms with Gasteiger partial charge in [0, 0.05) is 0 Å². The Labute approximate surface area is 106 Å². The van der Waals surface area contributed by atoms with Gasteiger partial charge in [0.15, 0.2) is 0 Å². The van der Waals surface area contributed by atoms with E-state index in [0.29, 0.717) is 0 Å². The van der Waals surface area contributed by atoms with E-state index in [9.17, 15) is 5.11 Å². The molecule has 1 aromatic rings. The number of benzene rings is 1. The first kappa shape index (κ1) is 14.2. The van der Waals surface area contributed by atoms with Crippen LogP contribution >= 0.6 is 0 Å². The van der Waals surface area contributed by atoms with Crippen LogP contribution in [0.1, 0.15) is 57.4 Å². The van der Waals surface area contributed by atoms with Crippen molar-refractivity contribution in [1.29, 1.82) is 0 Å². The summed E-state index contributed by atoms with van der Waals surface area (Å²) in [7, 11) is 0. The van der Waals surface area contributed by atoms with E-state index in [4.69, 9.17) is 0 Å². The van der Waals surface area contributed by atoms with Crippen LogP contribution < -0.4 is 0 Å². The van der Waals surface area contributed by atoms with Crippen LogP contribution in [-0.2, 0) is 6.42 Å². The van der Waals surface area contributed by atoms with Gasteiger partial charge in [-0.25, -0.2) is 0 Å². The lowest BCUT2D eigenvalue weighted by molar-refractivity contribution is 0.148. The van der Waals surface area contributed by atoms with Gasteiger partial charge in [-0.1, -0.05) is 62.9 Å². The molecule has 1 unspecified atom stereocenters. The summed E-state index contributed by atoms with van der Waals surface area (Å²) < 4.78 is 0. The van der Waals surface area contributed by atoms with Crippen molar-refractivity contribution in [2.75, 3.05) is 0 Å². The van der Waals surface area contributed by atoms with Crippen LogP contribution in [0, 0.1) is 0 Å². The summed E-state index contributed by atoms with van der Waals surface area (Å²) in [6.07, 6.45) is 9.05. The van der Waals surface area contributed by atoms with Crippen molar-refractivity contribution in [3.8, 4) is 0 Å². The molecular formula is C16H26O. The number of aryl methyl sites for hydroxylation is 1. The summed E-state index contributed by atoms with van der Waals surface area (Å²) in [6, 6.07) is 10.5. The molecule has 0 radical (unpaired) electrons. The van der Waals surface area contributed by atoms with Gasteiger partial charge in [-0.2, -0.15) is 0 Å². The summed E-state index contributed by atoms with van der Waals surface area (Å²) in [5.74, 6) is 0. The van der Waals surface area contributed by atoms with Crippen molar-refractivity contribution in [3.63, 3.8) is 0 Å². The SMILES string of the molecule is CCCCCCC(O)CCCc1ccccc1. The van der Waals surface area contributed by atoms with Gasteiger partial charge in [-0.3, -0.25) is 0 Å². The van der Waals surface area contributed by atoms with E-state index >= 15 is 0 Å². The third kappa shape index (κ3) is 7.17. The topological polar surface area (TPSA) is 20.2 Å². The van der Waals surface area contributed by atoms with Crippen molar-refractivity contribution in [2.24, 2.45) is 0 Å². The quantitative estimate of drug-likeness (QED) is 0.630. The first-order valence-corrected chi connectivity index (χ1v) is 7.05. The number of rotatable bonds is 9. The van der Waals surface area contributed by atoms with Crippen molar-refractivity contribution in [2.45, 2.75) is 64.4 Å². The molecule has 0 heterocycles. The van der Waals surface area contributed by atoms with E-state index in [-0.39, 0.29) is 6.10 Å². The number of aliphatic hydroxyl groups is 1. The molecule has 0 amide bonds. The fraction of sp³-hybridized carbons (Fsp3) is 0.625. The summed E-state index contributed by atoms with van der Waals surface area (Å²) in [6.45, 7) is 2.22. The van der Waals surface area contributed by atoms with E-state index in [0.717, 1.165) is 25.7 Å². The molecule has 0 fully saturated rings. The monoisotopic (exact) mass is 234 g/mol. The van der Waals surface area contributed by atoms with Gasteiger partial charge in [0.1, 0.15) is 0 Å². The molecule has 1 N–H and O–H groups in total. The Balaban J connectivity index is 2.02. The molecule has 0 aliphatic rings. The molecule has 0 aromatic heterocycles. The maximum atomic E-state index is 9.83. The molecule has 0 bridgehead atoms. The minimum atomic E-state index is -0.0874. The van der Waals surface area contributed by atoms with E-state index in [1.165, 1.54) is 31.2 Å². The third-order valence-electron chi connectivity index (χ3n) is 3.24. The standard InChI is InChI=1S/C16H26O/c1-2-3-4-8-13-16(17)14-9-12-15-10-6-5-7-11-15/h5-7,10-11,16-17H,2-4,8-9,12-14H2,1H3. The second kappa shape index (κ2) is 9.23. The second-order valence-electron chi connectivity index (χ2n) is 4.88. The predicted octanol–water partition coefficient (Wildman–Crippen LogP) is 4.34. The molecule has 0 spiro atoms. The van der Waals surface area contributed by atoms with Gasteiger partial charge in [-0.15, -0.1) is 0 Å². The van der Waals surface area contributed by atoms with Crippen LogP contribution in [0.4, 0.5) is 0 Å². The summed E-state index contributed by atoms with van der Waals surface area (Å²) >= 11 is 0. The molecular weight excluding hydrogens is 208 g/mol. The van der Waals surface area contributed by atoms with Crippen LogP contribution in [-0.4, -0.2) is 11.2 Å².